The van der Waals surface area contributed by atoms with Gasteiger partial charge in [-0.25, -0.2) is 0 Å². The Morgan fingerprint density at radius 2 is 1.07 bits per heavy atom. The zero-order valence-corrected chi connectivity index (χ0v) is 22.1. The van der Waals surface area contributed by atoms with Crippen molar-refractivity contribution < 1.29 is 26.3 Å². The van der Waals surface area contributed by atoms with Crippen molar-refractivity contribution in [2.45, 2.75) is 25.3 Å². The van der Waals surface area contributed by atoms with E-state index in [1.807, 2.05) is 71.4 Å². The highest BCUT2D eigenvalue weighted by Crippen LogP contribution is 2.41. The van der Waals surface area contributed by atoms with Crippen molar-refractivity contribution in [3.05, 3.63) is 143 Å². The summed E-state index contributed by atoms with van der Waals surface area (Å²) in [4.78, 5) is 3.51. The molecule has 2 heterocycles. The number of benzene rings is 4. The number of hydrogen-bond acceptors (Lipinski definition) is 0. The van der Waals surface area contributed by atoms with E-state index in [0.717, 1.165) is 52.0 Å². The van der Waals surface area contributed by atoms with Crippen molar-refractivity contribution in [3.8, 4) is 22.4 Å². The minimum atomic E-state index is -4.47. The number of nitrogens with zero attached hydrogens (tertiary/aromatic N) is 1. The fourth-order valence-electron chi connectivity index (χ4n) is 5.37. The summed E-state index contributed by atoms with van der Waals surface area (Å²) in [7, 11) is 0. The van der Waals surface area contributed by atoms with E-state index in [4.69, 9.17) is 0 Å². The Balaban J connectivity index is 1.57. The van der Waals surface area contributed by atoms with E-state index < -0.39 is 23.5 Å². The maximum Gasteiger partial charge on any atom is 0.416 e. The largest absolute Gasteiger partial charge is 0.416 e. The van der Waals surface area contributed by atoms with Crippen molar-refractivity contribution in [3.63, 3.8) is 0 Å². The lowest BCUT2D eigenvalue weighted by Gasteiger charge is -2.13. The topological polar surface area (TPSA) is 20.7 Å². The molecule has 1 N–H and O–H groups in total. The van der Waals surface area contributed by atoms with Gasteiger partial charge in [-0.3, -0.25) is 0 Å². The second-order valence-corrected chi connectivity index (χ2v) is 10.2. The standard InChI is InChI=1S/C34H24F6N2/c35-33(36,37)26-15-11-24(12-16-26)30-28-21-42(20-23-9-5-2-6-10-23)32(25-13-17-27(18-14-25)34(38,39)40)31(28)41-29(30)19-22-7-3-1-4-8-22/h1-18,21,41H,19-20H2. The Kier molecular flexibility index (Phi) is 6.93. The molecule has 0 saturated carbocycles. The Morgan fingerprint density at radius 3 is 1.60 bits per heavy atom. The molecule has 0 amide bonds. The van der Waals surface area contributed by atoms with E-state index in [1.54, 1.807) is 0 Å². The van der Waals surface area contributed by atoms with Gasteiger partial charge in [0, 0.05) is 41.4 Å². The van der Waals surface area contributed by atoms with Gasteiger partial charge in [0.15, 0.2) is 0 Å². The second kappa shape index (κ2) is 10.6. The van der Waals surface area contributed by atoms with E-state index in [0.29, 0.717) is 35.3 Å². The Morgan fingerprint density at radius 1 is 0.571 bits per heavy atom. The van der Waals surface area contributed by atoms with Crippen LogP contribution in [0.15, 0.2) is 115 Å². The van der Waals surface area contributed by atoms with Gasteiger partial charge in [0.25, 0.3) is 0 Å². The number of aromatic amines is 1. The van der Waals surface area contributed by atoms with Crippen LogP contribution in [-0.4, -0.2) is 9.55 Å². The molecule has 2 nitrogen and oxygen atoms in total. The molecule has 42 heavy (non-hydrogen) atoms. The highest BCUT2D eigenvalue weighted by atomic mass is 19.4. The van der Waals surface area contributed by atoms with Gasteiger partial charge in [-0.15, -0.1) is 0 Å². The third-order valence-electron chi connectivity index (χ3n) is 7.33. The summed E-state index contributed by atoms with van der Waals surface area (Å²) < 4.78 is 82.1. The molecule has 0 atom stereocenters. The molecule has 2 aromatic heterocycles. The van der Waals surface area contributed by atoms with Gasteiger partial charge in [-0.1, -0.05) is 84.9 Å². The van der Waals surface area contributed by atoms with Crippen molar-refractivity contribution in [2.24, 2.45) is 0 Å². The van der Waals surface area contributed by atoms with Gasteiger partial charge in [0.05, 0.1) is 22.3 Å². The SMILES string of the molecule is FC(F)(F)c1ccc(-c2c(Cc3ccccc3)[nH]c3c(-c4ccc(C(F)(F)F)cc4)n(Cc4ccccc4)cc23)cc1. The second-order valence-electron chi connectivity index (χ2n) is 10.2. The van der Waals surface area contributed by atoms with Crippen LogP contribution in [0.1, 0.15) is 27.9 Å². The van der Waals surface area contributed by atoms with E-state index >= 15 is 0 Å². The highest BCUT2D eigenvalue weighted by Gasteiger charge is 2.31. The predicted molar refractivity (Wildman–Crippen MR) is 152 cm³/mol. The minimum Gasteiger partial charge on any atom is -0.356 e. The molecule has 0 radical (unpaired) electrons. The molecular formula is C34H24F6N2. The Bertz CT molecular complexity index is 1670. The zero-order chi connectivity index (χ0) is 29.5. The van der Waals surface area contributed by atoms with Crippen LogP contribution in [0.5, 0.6) is 0 Å². The number of halogens is 6. The molecular weight excluding hydrogens is 550 g/mol. The van der Waals surface area contributed by atoms with E-state index in [-0.39, 0.29) is 0 Å². The summed E-state index contributed by atoms with van der Waals surface area (Å²) in [5, 5.41) is 0.770. The van der Waals surface area contributed by atoms with Crippen LogP contribution in [0.3, 0.4) is 0 Å². The summed E-state index contributed by atoms with van der Waals surface area (Å²) in [5.74, 6) is 0. The number of alkyl halides is 6. The molecule has 0 fully saturated rings. The number of rotatable bonds is 6. The molecule has 8 heteroatoms. The first-order valence-corrected chi connectivity index (χ1v) is 13.2. The van der Waals surface area contributed by atoms with Gasteiger partial charge in [-0.05, 0) is 41.0 Å². The Hall–Kier alpha value is -4.72. The molecule has 0 saturated heterocycles. The lowest BCUT2D eigenvalue weighted by atomic mass is 9.98. The van der Waals surface area contributed by atoms with Crippen molar-refractivity contribution in [1.82, 2.24) is 9.55 Å². The van der Waals surface area contributed by atoms with Crippen LogP contribution in [0.25, 0.3) is 33.3 Å². The van der Waals surface area contributed by atoms with E-state index in [1.165, 1.54) is 24.3 Å². The van der Waals surface area contributed by atoms with Gasteiger partial charge in [0.2, 0.25) is 0 Å². The van der Waals surface area contributed by atoms with Gasteiger partial charge < -0.3 is 9.55 Å². The van der Waals surface area contributed by atoms with Crippen LogP contribution in [-0.2, 0) is 25.3 Å². The number of aromatic nitrogens is 2. The predicted octanol–water partition coefficient (Wildman–Crippen LogP) is 9.98. The molecule has 6 rings (SSSR count). The van der Waals surface area contributed by atoms with Crippen molar-refractivity contribution in [1.29, 1.82) is 0 Å². The van der Waals surface area contributed by atoms with Crippen LogP contribution < -0.4 is 0 Å². The molecule has 0 bridgehead atoms. The summed E-state index contributed by atoms with van der Waals surface area (Å²) in [6.07, 6.45) is -6.52. The monoisotopic (exact) mass is 574 g/mol. The third kappa shape index (κ3) is 5.44. The molecule has 0 spiro atoms. The zero-order valence-electron chi connectivity index (χ0n) is 22.1. The molecule has 0 unspecified atom stereocenters. The van der Waals surface area contributed by atoms with E-state index in [9.17, 15) is 26.3 Å². The molecule has 0 aliphatic carbocycles. The molecule has 6 aromatic rings. The molecule has 0 aliphatic rings. The summed E-state index contributed by atoms with van der Waals surface area (Å²) in [6.45, 7) is 0.445. The van der Waals surface area contributed by atoms with Crippen LogP contribution in [0.4, 0.5) is 26.3 Å². The lowest BCUT2D eigenvalue weighted by Crippen LogP contribution is -2.05. The maximum absolute atomic E-state index is 13.4. The summed E-state index contributed by atoms with van der Waals surface area (Å²) in [6, 6.07) is 29.4. The van der Waals surface area contributed by atoms with Crippen LogP contribution in [0, 0.1) is 0 Å². The molecule has 212 valence electrons. The van der Waals surface area contributed by atoms with Crippen molar-refractivity contribution in [2.75, 3.05) is 0 Å². The number of H-pyrrole nitrogens is 1. The first-order valence-electron chi connectivity index (χ1n) is 13.2. The fraction of sp³-hybridized carbons (Fsp3) is 0.118. The third-order valence-corrected chi connectivity index (χ3v) is 7.33. The number of fused-ring (bicyclic) bond motifs is 1. The average molecular weight is 575 g/mol. The molecule has 4 aromatic carbocycles. The van der Waals surface area contributed by atoms with Gasteiger partial charge in [-0.2, -0.15) is 26.3 Å². The minimum absolute atomic E-state index is 0.445. The first-order chi connectivity index (χ1) is 20.1. The highest BCUT2D eigenvalue weighted by molar-refractivity contribution is 6.04. The summed E-state index contributed by atoms with van der Waals surface area (Å²) in [5.41, 5.74) is 4.64. The fourth-order valence-corrected chi connectivity index (χ4v) is 5.37. The number of nitrogens with one attached hydrogen (secondary N) is 1. The van der Waals surface area contributed by atoms with Gasteiger partial charge >= 0.3 is 12.4 Å². The molecule has 0 aliphatic heterocycles. The van der Waals surface area contributed by atoms with Crippen LogP contribution in [0.2, 0.25) is 0 Å². The van der Waals surface area contributed by atoms with Crippen molar-refractivity contribution >= 4 is 10.9 Å². The lowest BCUT2D eigenvalue weighted by molar-refractivity contribution is -0.138. The maximum atomic E-state index is 13.4. The smallest absolute Gasteiger partial charge is 0.356 e. The first kappa shape index (κ1) is 27.4. The van der Waals surface area contributed by atoms with Gasteiger partial charge in [0.1, 0.15) is 0 Å². The summed E-state index contributed by atoms with van der Waals surface area (Å²) >= 11 is 0. The quantitative estimate of drug-likeness (QED) is 0.191. The Labute approximate surface area is 237 Å². The average Bonchev–Trinajstić information content (AvgIpc) is 3.48. The van der Waals surface area contributed by atoms with E-state index in [2.05, 4.69) is 4.98 Å². The van der Waals surface area contributed by atoms with Crippen LogP contribution >= 0.6 is 0 Å². The number of hydrogen-bond donors (Lipinski definition) is 1. The normalized spacial score (nSPS) is 12.2.